The number of hydrogen-bond acceptors (Lipinski definition) is 3. The minimum atomic E-state index is -0.387. The first-order valence-electron chi connectivity index (χ1n) is 8.07. The molecule has 1 amide bonds. The molecule has 0 saturated carbocycles. The van der Waals surface area contributed by atoms with Gasteiger partial charge in [-0.05, 0) is 31.2 Å². The lowest BCUT2D eigenvalue weighted by Crippen LogP contribution is -2.49. The fraction of sp³-hybridized carbons (Fsp3) is 0.556. The van der Waals surface area contributed by atoms with E-state index in [4.69, 9.17) is 0 Å². The summed E-state index contributed by atoms with van der Waals surface area (Å²) in [6.45, 7) is 3.22. The van der Waals surface area contributed by atoms with Gasteiger partial charge in [0.05, 0.1) is 6.61 Å². The van der Waals surface area contributed by atoms with Gasteiger partial charge in [0, 0.05) is 24.9 Å². The second-order valence-electron chi connectivity index (χ2n) is 6.25. The summed E-state index contributed by atoms with van der Waals surface area (Å²) in [5.74, 6) is -0.712. The number of carbonyl (C=O) groups excluding carboxylic acids is 2. The van der Waals surface area contributed by atoms with Crippen LogP contribution in [0.15, 0.2) is 30.3 Å². The number of nitrogens with zero attached hydrogens (tertiary/aromatic N) is 1. The number of aryl methyl sites for hydroxylation is 1. The molecule has 1 N–H and O–H groups in total. The van der Waals surface area contributed by atoms with E-state index in [0.717, 1.165) is 24.8 Å². The van der Waals surface area contributed by atoms with Crippen molar-refractivity contribution in [1.82, 2.24) is 4.90 Å². The van der Waals surface area contributed by atoms with Crippen LogP contribution in [0.1, 0.15) is 38.2 Å². The van der Waals surface area contributed by atoms with Gasteiger partial charge in [0.25, 0.3) is 5.91 Å². The van der Waals surface area contributed by atoms with E-state index in [1.165, 1.54) is 0 Å². The second-order valence-corrected chi connectivity index (χ2v) is 6.25. The molecule has 0 spiro atoms. The number of rotatable bonds is 6. The van der Waals surface area contributed by atoms with E-state index in [2.05, 4.69) is 0 Å². The molecular weight excluding hydrogens is 278 g/mol. The maximum atomic E-state index is 12.3. The van der Waals surface area contributed by atoms with Gasteiger partial charge in [-0.3, -0.25) is 9.59 Å². The zero-order valence-corrected chi connectivity index (χ0v) is 13.3. The molecule has 4 nitrogen and oxygen atoms in total. The number of Topliss-reactive ketones (excluding diaryl/α,β-unsaturated/α-hetero) is 1. The molecule has 22 heavy (non-hydrogen) atoms. The average Bonchev–Trinajstić information content (AvgIpc) is 2.59. The van der Waals surface area contributed by atoms with Gasteiger partial charge >= 0.3 is 0 Å². The summed E-state index contributed by atoms with van der Waals surface area (Å²) in [7, 11) is 0. The molecule has 4 heteroatoms. The molecule has 1 aliphatic heterocycles. The van der Waals surface area contributed by atoms with E-state index >= 15 is 0 Å². The van der Waals surface area contributed by atoms with Crippen LogP contribution in [0.25, 0.3) is 0 Å². The summed E-state index contributed by atoms with van der Waals surface area (Å²) in [5.41, 5.74) is 0.841. The van der Waals surface area contributed by atoms with Crippen LogP contribution in [-0.2, 0) is 16.0 Å². The number of aliphatic hydroxyl groups is 1. The molecule has 0 bridgehead atoms. The van der Waals surface area contributed by atoms with Gasteiger partial charge in [0.1, 0.15) is 0 Å². The van der Waals surface area contributed by atoms with Crippen molar-refractivity contribution in [2.45, 2.75) is 39.0 Å². The largest absolute Gasteiger partial charge is 0.396 e. The van der Waals surface area contributed by atoms with E-state index in [0.29, 0.717) is 19.5 Å². The molecule has 1 fully saturated rings. The number of ketones is 1. The Morgan fingerprint density at radius 1 is 1.27 bits per heavy atom. The van der Waals surface area contributed by atoms with Crippen LogP contribution >= 0.6 is 0 Å². The summed E-state index contributed by atoms with van der Waals surface area (Å²) in [5, 5.41) is 9.61. The molecule has 0 aromatic heterocycles. The summed E-state index contributed by atoms with van der Waals surface area (Å²) in [6, 6.07) is 9.73. The zero-order valence-electron chi connectivity index (χ0n) is 13.3. The summed E-state index contributed by atoms with van der Waals surface area (Å²) >= 11 is 0. The van der Waals surface area contributed by atoms with Crippen molar-refractivity contribution in [1.29, 1.82) is 0 Å². The molecule has 2 rings (SSSR count). The fourth-order valence-electron chi connectivity index (χ4n) is 3.10. The third kappa shape index (κ3) is 3.95. The van der Waals surface area contributed by atoms with Crippen LogP contribution in [-0.4, -0.2) is 41.4 Å². The normalized spacial score (nSPS) is 21.6. The van der Waals surface area contributed by atoms with Crippen LogP contribution in [0.2, 0.25) is 0 Å². The van der Waals surface area contributed by atoms with Crippen LogP contribution in [0, 0.1) is 5.41 Å². The van der Waals surface area contributed by atoms with Crippen LogP contribution in [0.5, 0.6) is 0 Å². The Hall–Kier alpha value is -1.68. The molecule has 0 radical (unpaired) electrons. The first-order chi connectivity index (χ1) is 10.6. The summed E-state index contributed by atoms with van der Waals surface area (Å²) in [6.07, 6.45) is 3.44. The van der Waals surface area contributed by atoms with E-state index in [-0.39, 0.29) is 30.1 Å². The lowest BCUT2D eigenvalue weighted by Gasteiger charge is -2.41. The van der Waals surface area contributed by atoms with Crippen LogP contribution in [0.3, 0.4) is 0 Å². The highest BCUT2D eigenvalue weighted by molar-refractivity contribution is 6.36. The molecule has 0 aliphatic carbocycles. The predicted molar refractivity (Wildman–Crippen MR) is 85.4 cm³/mol. The van der Waals surface area contributed by atoms with Crippen molar-refractivity contribution in [3.05, 3.63) is 35.9 Å². The highest BCUT2D eigenvalue weighted by Crippen LogP contribution is 2.32. The number of piperidine rings is 1. The summed E-state index contributed by atoms with van der Waals surface area (Å²) in [4.78, 5) is 26.1. The van der Waals surface area contributed by atoms with E-state index in [9.17, 15) is 14.7 Å². The van der Waals surface area contributed by atoms with Crippen LogP contribution in [0.4, 0.5) is 0 Å². The number of carbonyl (C=O) groups is 2. The fourth-order valence-corrected chi connectivity index (χ4v) is 3.10. The molecule has 1 aromatic rings. The number of likely N-dealkylation sites (tertiary alicyclic amines) is 1. The minimum Gasteiger partial charge on any atom is -0.396 e. The van der Waals surface area contributed by atoms with Crippen molar-refractivity contribution in [3.8, 4) is 0 Å². The minimum absolute atomic E-state index is 0.0749. The lowest BCUT2D eigenvalue weighted by molar-refractivity contribution is -0.147. The Balaban J connectivity index is 1.91. The summed E-state index contributed by atoms with van der Waals surface area (Å²) < 4.78 is 0. The van der Waals surface area contributed by atoms with Crippen LogP contribution < -0.4 is 0 Å². The Kier molecular flexibility index (Phi) is 5.72. The molecule has 120 valence electrons. The van der Waals surface area contributed by atoms with Crippen molar-refractivity contribution in [2.75, 3.05) is 19.7 Å². The molecule has 0 unspecified atom stereocenters. The number of benzene rings is 1. The molecule has 1 aliphatic rings. The number of aliphatic hydroxyl groups excluding tert-OH is 1. The van der Waals surface area contributed by atoms with Gasteiger partial charge in [0.2, 0.25) is 5.78 Å². The van der Waals surface area contributed by atoms with E-state index < -0.39 is 0 Å². The Bertz CT molecular complexity index is 508. The highest BCUT2D eigenvalue weighted by atomic mass is 16.3. The third-order valence-electron chi connectivity index (χ3n) is 4.76. The van der Waals surface area contributed by atoms with E-state index in [1.807, 2.05) is 37.3 Å². The molecular formula is C18H25NO3. The number of hydrogen-bond donors (Lipinski definition) is 1. The first-order valence-corrected chi connectivity index (χ1v) is 8.07. The van der Waals surface area contributed by atoms with Crippen molar-refractivity contribution in [2.24, 2.45) is 5.41 Å². The Morgan fingerprint density at radius 2 is 2.00 bits per heavy atom. The molecule has 1 heterocycles. The second kappa shape index (κ2) is 7.54. The zero-order chi connectivity index (χ0) is 16.0. The van der Waals surface area contributed by atoms with E-state index in [1.54, 1.807) is 4.90 Å². The lowest BCUT2D eigenvalue weighted by atomic mass is 9.78. The standard InChI is InChI=1S/C18H25NO3/c1-2-18(14-20)11-6-12-19(13-18)17(22)16(21)10-9-15-7-4-3-5-8-15/h3-5,7-8,20H,2,6,9-14H2,1H3/t18-/m0/s1. The maximum Gasteiger partial charge on any atom is 0.289 e. The first kappa shape index (κ1) is 16.7. The third-order valence-corrected chi connectivity index (χ3v) is 4.76. The average molecular weight is 303 g/mol. The monoisotopic (exact) mass is 303 g/mol. The van der Waals surface area contributed by atoms with Crippen molar-refractivity contribution in [3.63, 3.8) is 0 Å². The highest BCUT2D eigenvalue weighted by Gasteiger charge is 2.36. The Labute approximate surface area is 132 Å². The van der Waals surface area contributed by atoms with Crippen molar-refractivity contribution >= 4 is 11.7 Å². The quantitative estimate of drug-likeness (QED) is 0.820. The van der Waals surface area contributed by atoms with Gasteiger partial charge < -0.3 is 10.0 Å². The SMILES string of the molecule is CC[C@]1(CO)CCCN(C(=O)C(=O)CCc2ccccc2)C1. The Morgan fingerprint density at radius 3 is 2.64 bits per heavy atom. The molecule has 1 aromatic carbocycles. The smallest absolute Gasteiger partial charge is 0.289 e. The predicted octanol–water partition coefficient (Wildman–Crippen LogP) is 2.20. The van der Waals surface area contributed by atoms with Gasteiger partial charge in [-0.1, -0.05) is 37.3 Å². The van der Waals surface area contributed by atoms with Gasteiger partial charge in [-0.25, -0.2) is 0 Å². The maximum absolute atomic E-state index is 12.3. The number of amides is 1. The molecule has 1 atom stereocenters. The van der Waals surface area contributed by atoms with Gasteiger partial charge in [0.15, 0.2) is 0 Å². The topological polar surface area (TPSA) is 57.6 Å². The van der Waals surface area contributed by atoms with Crippen molar-refractivity contribution < 1.29 is 14.7 Å². The molecule has 1 saturated heterocycles. The van der Waals surface area contributed by atoms with Gasteiger partial charge in [-0.2, -0.15) is 0 Å². The van der Waals surface area contributed by atoms with Gasteiger partial charge in [-0.15, -0.1) is 0 Å².